The van der Waals surface area contributed by atoms with Crippen molar-refractivity contribution in [2.24, 2.45) is 0 Å². The van der Waals surface area contributed by atoms with Gasteiger partial charge in [0.15, 0.2) is 5.13 Å². The first-order chi connectivity index (χ1) is 11.1. The van der Waals surface area contributed by atoms with Crippen LogP contribution in [0.25, 0.3) is 11.3 Å². The van der Waals surface area contributed by atoms with Crippen molar-refractivity contribution in [3.8, 4) is 17.0 Å². The Balaban J connectivity index is 1.74. The van der Waals surface area contributed by atoms with Gasteiger partial charge in [-0.05, 0) is 29.8 Å². The van der Waals surface area contributed by atoms with Crippen molar-refractivity contribution in [1.29, 1.82) is 0 Å². The fourth-order valence-electron chi connectivity index (χ4n) is 2.13. The van der Waals surface area contributed by atoms with Gasteiger partial charge in [-0.1, -0.05) is 24.3 Å². The van der Waals surface area contributed by atoms with Crippen molar-refractivity contribution >= 4 is 22.4 Å². The summed E-state index contributed by atoms with van der Waals surface area (Å²) in [6, 6.07) is 14.2. The lowest BCUT2D eigenvalue weighted by atomic mass is 10.1. The predicted molar refractivity (Wildman–Crippen MR) is 89.7 cm³/mol. The first kappa shape index (κ1) is 15.1. The standard InChI is InChI=1S/C17H14N2O3S/c18-17-19-15(10-23-17)12-4-2-6-14(8-12)22-9-11-3-1-5-13(7-11)16(20)21/h1-8,10H,9H2,(H2,18,19)(H,20,21). The lowest BCUT2D eigenvalue weighted by Crippen LogP contribution is -2.00. The molecule has 1 aromatic heterocycles. The van der Waals surface area contributed by atoms with Crippen LogP contribution in [0.2, 0.25) is 0 Å². The molecule has 0 unspecified atom stereocenters. The van der Waals surface area contributed by atoms with E-state index in [4.69, 9.17) is 15.6 Å². The summed E-state index contributed by atoms with van der Waals surface area (Å²) in [6.07, 6.45) is 0. The molecule has 23 heavy (non-hydrogen) atoms. The normalized spacial score (nSPS) is 10.4. The molecule has 0 radical (unpaired) electrons. The highest BCUT2D eigenvalue weighted by Gasteiger charge is 2.06. The molecule has 0 atom stereocenters. The fraction of sp³-hybridized carbons (Fsp3) is 0.0588. The van der Waals surface area contributed by atoms with E-state index in [1.165, 1.54) is 11.3 Å². The molecule has 2 aromatic carbocycles. The molecular formula is C17H14N2O3S. The molecule has 0 saturated carbocycles. The van der Waals surface area contributed by atoms with E-state index in [2.05, 4.69) is 4.98 Å². The van der Waals surface area contributed by atoms with Crippen LogP contribution in [0, 0.1) is 0 Å². The maximum atomic E-state index is 11.0. The summed E-state index contributed by atoms with van der Waals surface area (Å²) in [7, 11) is 0. The lowest BCUT2D eigenvalue weighted by Gasteiger charge is -2.08. The van der Waals surface area contributed by atoms with Crippen LogP contribution in [-0.2, 0) is 6.61 Å². The Morgan fingerprint density at radius 3 is 2.78 bits per heavy atom. The zero-order valence-electron chi connectivity index (χ0n) is 12.1. The number of aromatic carboxylic acids is 1. The van der Waals surface area contributed by atoms with Crippen LogP contribution in [0.1, 0.15) is 15.9 Å². The Morgan fingerprint density at radius 1 is 1.22 bits per heavy atom. The highest BCUT2D eigenvalue weighted by molar-refractivity contribution is 7.13. The molecule has 0 bridgehead atoms. The SMILES string of the molecule is Nc1nc(-c2cccc(OCc3cccc(C(=O)O)c3)c2)cs1. The third-order valence-electron chi connectivity index (χ3n) is 3.23. The Morgan fingerprint density at radius 2 is 2.04 bits per heavy atom. The minimum absolute atomic E-state index is 0.248. The molecule has 6 heteroatoms. The minimum Gasteiger partial charge on any atom is -0.489 e. The molecule has 5 nitrogen and oxygen atoms in total. The van der Waals surface area contributed by atoms with E-state index in [0.717, 1.165) is 16.8 Å². The van der Waals surface area contributed by atoms with Gasteiger partial charge in [0.1, 0.15) is 12.4 Å². The van der Waals surface area contributed by atoms with Crippen LogP contribution < -0.4 is 10.5 Å². The first-order valence-electron chi connectivity index (χ1n) is 6.88. The molecule has 3 N–H and O–H groups in total. The van der Waals surface area contributed by atoms with E-state index in [1.54, 1.807) is 18.2 Å². The van der Waals surface area contributed by atoms with Crippen molar-refractivity contribution in [3.05, 3.63) is 65.0 Å². The summed E-state index contributed by atoms with van der Waals surface area (Å²) in [6.45, 7) is 0.295. The number of rotatable bonds is 5. The maximum absolute atomic E-state index is 11.0. The number of aromatic nitrogens is 1. The van der Waals surface area contributed by atoms with Crippen molar-refractivity contribution in [3.63, 3.8) is 0 Å². The number of benzene rings is 2. The lowest BCUT2D eigenvalue weighted by molar-refractivity contribution is 0.0696. The number of hydrogen-bond donors (Lipinski definition) is 2. The second-order valence-electron chi connectivity index (χ2n) is 4.89. The maximum Gasteiger partial charge on any atom is 0.335 e. The molecule has 1 heterocycles. The van der Waals surface area contributed by atoms with Crippen molar-refractivity contribution in [2.45, 2.75) is 6.61 Å². The number of hydrogen-bond acceptors (Lipinski definition) is 5. The third kappa shape index (κ3) is 3.67. The van der Waals surface area contributed by atoms with Gasteiger partial charge in [-0.25, -0.2) is 9.78 Å². The number of nitrogen functional groups attached to an aromatic ring is 1. The van der Waals surface area contributed by atoms with Crippen molar-refractivity contribution in [2.75, 3.05) is 5.73 Å². The van der Waals surface area contributed by atoms with Gasteiger partial charge in [-0.2, -0.15) is 0 Å². The molecule has 0 saturated heterocycles. The number of ether oxygens (including phenoxy) is 1. The molecule has 3 aromatic rings. The van der Waals surface area contributed by atoms with Crippen LogP contribution in [0.15, 0.2) is 53.9 Å². The van der Waals surface area contributed by atoms with Crippen LogP contribution in [0.4, 0.5) is 5.13 Å². The van der Waals surface area contributed by atoms with Gasteiger partial charge >= 0.3 is 5.97 Å². The Bertz CT molecular complexity index is 845. The first-order valence-corrected chi connectivity index (χ1v) is 7.76. The summed E-state index contributed by atoms with van der Waals surface area (Å²) >= 11 is 1.39. The molecule has 116 valence electrons. The van der Waals surface area contributed by atoms with Gasteiger partial charge in [0.05, 0.1) is 11.3 Å². The van der Waals surface area contributed by atoms with E-state index in [9.17, 15) is 4.79 Å². The average molecular weight is 326 g/mol. The number of anilines is 1. The number of carboxylic acids is 1. The second-order valence-corrected chi connectivity index (χ2v) is 5.78. The Labute approximate surface area is 137 Å². The van der Waals surface area contributed by atoms with Crippen LogP contribution in [0.3, 0.4) is 0 Å². The van der Waals surface area contributed by atoms with Crippen molar-refractivity contribution in [1.82, 2.24) is 4.98 Å². The highest BCUT2D eigenvalue weighted by atomic mass is 32.1. The summed E-state index contributed by atoms with van der Waals surface area (Å²) in [4.78, 5) is 15.2. The Kier molecular flexibility index (Phi) is 4.25. The molecule has 0 spiro atoms. The van der Waals surface area contributed by atoms with Gasteiger partial charge in [0, 0.05) is 10.9 Å². The van der Waals surface area contributed by atoms with Gasteiger partial charge in [0.2, 0.25) is 0 Å². The van der Waals surface area contributed by atoms with E-state index >= 15 is 0 Å². The predicted octanol–water partition coefficient (Wildman–Crippen LogP) is 3.67. The smallest absolute Gasteiger partial charge is 0.335 e. The van der Waals surface area contributed by atoms with Gasteiger partial charge in [-0.15, -0.1) is 11.3 Å². The van der Waals surface area contributed by atoms with Crippen molar-refractivity contribution < 1.29 is 14.6 Å². The van der Waals surface area contributed by atoms with Gasteiger partial charge in [-0.3, -0.25) is 0 Å². The summed E-state index contributed by atoms with van der Waals surface area (Å²) in [5.41, 5.74) is 8.44. The quantitative estimate of drug-likeness (QED) is 0.747. The topological polar surface area (TPSA) is 85.4 Å². The molecule has 0 aliphatic rings. The Hall–Kier alpha value is -2.86. The molecule has 0 amide bonds. The zero-order valence-corrected chi connectivity index (χ0v) is 12.9. The van der Waals surface area contributed by atoms with E-state index in [0.29, 0.717) is 17.5 Å². The van der Waals surface area contributed by atoms with E-state index < -0.39 is 5.97 Å². The largest absolute Gasteiger partial charge is 0.489 e. The monoisotopic (exact) mass is 326 g/mol. The summed E-state index contributed by atoms with van der Waals surface area (Å²) in [5, 5.41) is 11.4. The zero-order chi connectivity index (χ0) is 16.2. The summed E-state index contributed by atoms with van der Waals surface area (Å²) < 4.78 is 5.75. The number of carboxylic acid groups (broad SMARTS) is 1. The number of nitrogens with zero attached hydrogens (tertiary/aromatic N) is 1. The van der Waals surface area contributed by atoms with E-state index in [1.807, 2.05) is 35.7 Å². The van der Waals surface area contributed by atoms with Crippen LogP contribution >= 0.6 is 11.3 Å². The molecule has 0 fully saturated rings. The molecule has 0 aliphatic carbocycles. The third-order valence-corrected chi connectivity index (χ3v) is 3.91. The fourth-order valence-corrected chi connectivity index (χ4v) is 2.70. The number of thiazole rings is 1. The minimum atomic E-state index is -0.949. The van der Waals surface area contributed by atoms with Gasteiger partial charge < -0.3 is 15.6 Å². The second kappa shape index (κ2) is 6.50. The van der Waals surface area contributed by atoms with Crippen LogP contribution in [0.5, 0.6) is 5.75 Å². The summed E-state index contributed by atoms with van der Waals surface area (Å²) in [5.74, 6) is -0.259. The number of carbonyl (C=O) groups is 1. The highest BCUT2D eigenvalue weighted by Crippen LogP contribution is 2.26. The van der Waals surface area contributed by atoms with E-state index in [-0.39, 0.29) is 5.56 Å². The molecule has 0 aliphatic heterocycles. The molecular weight excluding hydrogens is 312 g/mol. The number of nitrogens with two attached hydrogens (primary N) is 1. The van der Waals surface area contributed by atoms with Crippen LogP contribution in [-0.4, -0.2) is 16.1 Å². The molecule has 3 rings (SSSR count). The van der Waals surface area contributed by atoms with Gasteiger partial charge in [0.25, 0.3) is 0 Å². The average Bonchev–Trinajstić information content (AvgIpc) is 3.00.